The van der Waals surface area contributed by atoms with E-state index in [4.69, 9.17) is 0 Å². The van der Waals surface area contributed by atoms with Crippen LogP contribution in [0.25, 0.3) is 0 Å². The van der Waals surface area contributed by atoms with E-state index in [0.29, 0.717) is 25.9 Å². The number of carbonyl (C=O) groups is 2. The Morgan fingerprint density at radius 2 is 1.80 bits per heavy atom. The minimum absolute atomic E-state index is 0.100. The molecule has 1 atom stereocenters. The van der Waals surface area contributed by atoms with E-state index in [9.17, 15) is 22.4 Å². The Morgan fingerprint density at radius 3 is 2.32 bits per heavy atom. The molecule has 2 aliphatic heterocycles. The second-order valence-electron chi connectivity index (χ2n) is 7.10. The van der Waals surface area contributed by atoms with Gasteiger partial charge in [0.15, 0.2) is 0 Å². The van der Waals surface area contributed by atoms with Crippen LogP contribution < -0.4 is 5.32 Å². The second-order valence-corrected chi connectivity index (χ2v) is 9.06. The molecule has 2 amide bonds. The van der Waals surface area contributed by atoms with Crippen molar-refractivity contribution in [3.8, 4) is 0 Å². The highest BCUT2D eigenvalue weighted by atomic mass is 32.2. The molecule has 25 heavy (non-hydrogen) atoms. The molecule has 1 aromatic carbocycles. The molecule has 3 rings (SSSR count). The minimum Gasteiger partial charge on any atom is -0.296 e. The lowest BCUT2D eigenvalue weighted by molar-refractivity contribution is -0.127. The van der Waals surface area contributed by atoms with Gasteiger partial charge in [-0.3, -0.25) is 14.9 Å². The van der Waals surface area contributed by atoms with Crippen LogP contribution in [0.5, 0.6) is 0 Å². The lowest BCUT2D eigenvalue weighted by Crippen LogP contribution is -2.44. The van der Waals surface area contributed by atoms with Gasteiger partial charge in [0.25, 0.3) is 0 Å². The van der Waals surface area contributed by atoms with E-state index in [1.54, 1.807) is 12.1 Å². The highest BCUT2D eigenvalue weighted by molar-refractivity contribution is 7.89. The van der Waals surface area contributed by atoms with Crippen molar-refractivity contribution in [1.29, 1.82) is 0 Å². The molecular formula is C17H21FN2O4S. The molecule has 0 aromatic heterocycles. The van der Waals surface area contributed by atoms with Crippen LogP contribution >= 0.6 is 0 Å². The van der Waals surface area contributed by atoms with E-state index in [1.165, 1.54) is 23.4 Å². The molecule has 136 valence electrons. The first-order valence-corrected chi connectivity index (χ1v) is 9.88. The lowest BCUT2D eigenvalue weighted by Gasteiger charge is -2.33. The van der Waals surface area contributed by atoms with Gasteiger partial charge in [0, 0.05) is 19.5 Å². The van der Waals surface area contributed by atoms with Crippen LogP contribution in [0.2, 0.25) is 0 Å². The monoisotopic (exact) mass is 368 g/mol. The molecule has 0 radical (unpaired) electrons. The number of hydrogen-bond donors (Lipinski definition) is 1. The van der Waals surface area contributed by atoms with Gasteiger partial charge in [-0.25, -0.2) is 17.1 Å². The van der Waals surface area contributed by atoms with Crippen LogP contribution in [0.15, 0.2) is 24.3 Å². The van der Waals surface area contributed by atoms with E-state index < -0.39 is 27.3 Å². The van der Waals surface area contributed by atoms with Gasteiger partial charge >= 0.3 is 0 Å². The number of rotatable bonds is 4. The first kappa shape index (κ1) is 18.0. The number of nitrogens with zero attached hydrogens (tertiary/aromatic N) is 1. The smallest absolute Gasteiger partial charge is 0.234 e. The molecule has 2 fully saturated rings. The third kappa shape index (κ3) is 3.74. The fourth-order valence-electron chi connectivity index (χ4n) is 3.57. The number of piperidine rings is 1. The molecule has 2 heterocycles. The first-order chi connectivity index (χ1) is 11.7. The summed E-state index contributed by atoms with van der Waals surface area (Å²) in [6, 6.07) is 6.29. The first-order valence-electron chi connectivity index (χ1n) is 8.27. The molecule has 1 N–H and O–H groups in total. The molecule has 2 aliphatic rings. The van der Waals surface area contributed by atoms with Crippen molar-refractivity contribution in [2.45, 2.75) is 32.1 Å². The summed E-state index contributed by atoms with van der Waals surface area (Å²) in [6.07, 6.45) is 1.19. The van der Waals surface area contributed by atoms with E-state index >= 15 is 0 Å². The summed E-state index contributed by atoms with van der Waals surface area (Å²) in [5.41, 5.74) is -0.199. The molecule has 0 spiro atoms. The van der Waals surface area contributed by atoms with Gasteiger partial charge in [0.1, 0.15) is 5.82 Å². The van der Waals surface area contributed by atoms with Crippen molar-refractivity contribution in [2.75, 3.05) is 18.8 Å². The molecule has 0 aliphatic carbocycles. The normalized spacial score (nSPS) is 26.0. The summed E-state index contributed by atoms with van der Waals surface area (Å²) in [4.78, 5) is 23.3. The van der Waals surface area contributed by atoms with Gasteiger partial charge < -0.3 is 0 Å². The number of amides is 2. The summed E-state index contributed by atoms with van der Waals surface area (Å²) in [5, 5.41) is 2.17. The van der Waals surface area contributed by atoms with Crippen molar-refractivity contribution in [3.05, 3.63) is 35.6 Å². The molecule has 1 aromatic rings. The largest absolute Gasteiger partial charge is 0.296 e. The Hall–Kier alpha value is -1.80. The van der Waals surface area contributed by atoms with Crippen LogP contribution in [0.3, 0.4) is 0 Å². The Morgan fingerprint density at radius 1 is 1.20 bits per heavy atom. The van der Waals surface area contributed by atoms with Crippen LogP contribution in [-0.4, -0.2) is 43.4 Å². The number of carbonyl (C=O) groups excluding carboxylic acids is 2. The van der Waals surface area contributed by atoms with E-state index in [-0.39, 0.29) is 23.9 Å². The third-order valence-electron chi connectivity index (χ3n) is 5.04. The topological polar surface area (TPSA) is 83.6 Å². The Labute approximate surface area is 146 Å². The van der Waals surface area contributed by atoms with Crippen molar-refractivity contribution in [1.82, 2.24) is 9.62 Å². The Balaban J connectivity index is 1.64. The van der Waals surface area contributed by atoms with Crippen molar-refractivity contribution >= 4 is 21.8 Å². The predicted octanol–water partition coefficient (Wildman–Crippen LogP) is 1.39. The molecule has 8 heteroatoms. The fraction of sp³-hybridized carbons (Fsp3) is 0.529. The van der Waals surface area contributed by atoms with Gasteiger partial charge in [-0.1, -0.05) is 12.1 Å². The van der Waals surface area contributed by atoms with Crippen molar-refractivity contribution < 1.29 is 22.4 Å². The number of benzene rings is 1. The average Bonchev–Trinajstić information content (AvgIpc) is 2.79. The number of nitrogens with one attached hydrogen (secondary N) is 1. The maximum Gasteiger partial charge on any atom is 0.234 e. The number of halogens is 1. The van der Waals surface area contributed by atoms with Gasteiger partial charge in [-0.2, -0.15) is 0 Å². The number of hydrogen-bond acceptors (Lipinski definition) is 4. The third-order valence-corrected chi connectivity index (χ3v) is 7.20. The van der Waals surface area contributed by atoms with Crippen molar-refractivity contribution in [2.24, 2.45) is 5.41 Å². The fourth-order valence-corrected chi connectivity index (χ4v) is 5.56. The second kappa shape index (κ2) is 6.49. The van der Waals surface area contributed by atoms with E-state index in [1.807, 2.05) is 0 Å². The van der Waals surface area contributed by atoms with Crippen LogP contribution in [0.4, 0.5) is 4.39 Å². The number of imide groups is 1. The SMILES string of the molecule is C[C@]1(CS(=O)(=O)N2CCC(c3ccc(F)cc3)CC2)CC(=O)NC1=O. The highest BCUT2D eigenvalue weighted by Crippen LogP contribution is 2.33. The number of sulfonamides is 1. The van der Waals surface area contributed by atoms with Crippen molar-refractivity contribution in [3.63, 3.8) is 0 Å². The summed E-state index contributed by atoms with van der Waals surface area (Å²) < 4.78 is 39.8. The van der Waals surface area contributed by atoms with Crippen LogP contribution in [0.1, 0.15) is 37.7 Å². The van der Waals surface area contributed by atoms with E-state index in [0.717, 1.165) is 5.56 Å². The summed E-state index contributed by atoms with van der Waals surface area (Å²) in [7, 11) is -3.63. The molecule has 0 saturated carbocycles. The molecule has 0 bridgehead atoms. The summed E-state index contributed by atoms with van der Waals surface area (Å²) in [6.45, 7) is 2.22. The lowest BCUT2D eigenvalue weighted by atomic mass is 9.90. The molecule has 6 nitrogen and oxygen atoms in total. The van der Waals surface area contributed by atoms with Gasteiger partial charge in [0.05, 0.1) is 11.2 Å². The minimum atomic E-state index is -3.63. The molecule has 2 saturated heterocycles. The van der Waals surface area contributed by atoms with Crippen LogP contribution in [0, 0.1) is 11.2 Å². The quantitative estimate of drug-likeness (QED) is 0.814. The summed E-state index contributed by atoms with van der Waals surface area (Å²) >= 11 is 0. The Kier molecular flexibility index (Phi) is 4.68. The van der Waals surface area contributed by atoms with Gasteiger partial charge in [0.2, 0.25) is 21.8 Å². The van der Waals surface area contributed by atoms with E-state index in [2.05, 4.69) is 5.32 Å². The van der Waals surface area contributed by atoms with Gasteiger partial charge in [-0.05, 0) is 43.4 Å². The zero-order valence-corrected chi connectivity index (χ0v) is 14.8. The molecular weight excluding hydrogens is 347 g/mol. The zero-order chi connectivity index (χ0) is 18.2. The van der Waals surface area contributed by atoms with Crippen LogP contribution in [-0.2, 0) is 19.6 Å². The zero-order valence-electron chi connectivity index (χ0n) is 14.0. The molecule has 0 unspecified atom stereocenters. The maximum atomic E-state index is 13.0. The Bertz CT molecular complexity index is 785. The maximum absolute atomic E-state index is 13.0. The summed E-state index contributed by atoms with van der Waals surface area (Å²) in [5.74, 6) is -1.42. The highest BCUT2D eigenvalue weighted by Gasteiger charge is 2.47. The average molecular weight is 368 g/mol. The van der Waals surface area contributed by atoms with Gasteiger partial charge in [-0.15, -0.1) is 0 Å². The standard InChI is InChI=1S/C17H21FN2O4S/c1-17(10-15(21)19-16(17)22)11-25(23,24)20-8-6-13(7-9-20)12-2-4-14(18)5-3-12/h2-5,13H,6-11H2,1H3,(H,19,21,22)/t17-/m1/s1. The predicted molar refractivity (Wildman–Crippen MR) is 89.6 cm³/mol.